The Morgan fingerprint density at radius 2 is 2.24 bits per heavy atom. The van der Waals surface area contributed by atoms with Gasteiger partial charge in [-0.15, -0.1) is 0 Å². The van der Waals surface area contributed by atoms with Gasteiger partial charge in [0.25, 0.3) is 0 Å². The van der Waals surface area contributed by atoms with E-state index in [-0.39, 0.29) is 6.04 Å². The van der Waals surface area contributed by atoms with E-state index in [4.69, 9.17) is 5.84 Å². The molecule has 0 radical (unpaired) electrons. The van der Waals surface area contributed by atoms with Crippen LogP contribution in [0, 0.1) is 5.92 Å². The van der Waals surface area contributed by atoms with Crippen LogP contribution in [0.1, 0.15) is 32.5 Å². The average molecular weight is 321 g/mol. The van der Waals surface area contributed by atoms with Crippen LogP contribution in [0.15, 0.2) is 10.7 Å². The van der Waals surface area contributed by atoms with Gasteiger partial charge in [0.05, 0.1) is 22.4 Å². The molecule has 1 aromatic rings. The number of aromatic nitrogens is 2. The standard InChI is InChI=1S/C11H21BrN4S/c1-4-16-11(9(12)5-14-16)10(15-13)7-17-6-8(2)3/h5,8,10,15H,4,6-7,13H2,1-3H3. The highest BCUT2D eigenvalue weighted by atomic mass is 79.9. The summed E-state index contributed by atoms with van der Waals surface area (Å²) < 4.78 is 3.00. The molecule has 1 rings (SSSR count). The summed E-state index contributed by atoms with van der Waals surface area (Å²) in [6.07, 6.45) is 1.83. The van der Waals surface area contributed by atoms with E-state index in [9.17, 15) is 0 Å². The van der Waals surface area contributed by atoms with Crippen LogP contribution >= 0.6 is 27.7 Å². The Hall–Kier alpha value is -0.0400. The smallest absolute Gasteiger partial charge is 0.0730 e. The van der Waals surface area contributed by atoms with Gasteiger partial charge < -0.3 is 0 Å². The number of hydrogen-bond acceptors (Lipinski definition) is 4. The molecule has 0 fully saturated rings. The number of hydrogen-bond donors (Lipinski definition) is 2. The first-order chi connectivity index (χ1) is 8.10. The van der Waals surface area contributed by atoms with E-state index in [1.165, 1.54) is 0 Å². The quantitative estimate of drug-likeness (QED) is 0.599. The normalized spacial score (nSPS) is 13.3. The van der Waals surface area contributed by atoms with E-state index in [0.29, 0.717) is 5.92 Å². The Morgan fingerprint density at radius 1 is 1.53 bits per heavy atom. The SMILES string of the molecule is CCn1ncc(Br)c1C(CSCC(C)C)NN. The number of thioether (sulfide) groups is 1. The monoisotopic (exact) mass is 320 g/mol. The van der Waals surface area contributed by atoms with E-state index >= 15 is 0 Å². The van der Waals surface area contributed by atoms with Gasteiger partial charge in [0.2, 0.25) is 0 Å². The van der Waals surface area contributed by atoms with Crippen molar-refractivity contribution in [3.8, 4) is 0 Å². The fourth-order valence-corrected chi connectivity index (χ4v) is 3.27. The van der Waals surface area contributed by atoms with Crippen LogP contribution < -0.4 is 11.3 Å². The first kappa shape index (κ1) is 15.0. The topological polar surface area (TPSA) is 55.9 Å². The summed E-state index contributed by atoms with van der Waals surface area (Å²) in [5, 5.41) is 4.31. The first-order valence-corrected chi connectivity index (χ1v) is 7.80. The van der Waals surface area contributed by atoms with Crippen molar-refractivity contribution in [1.29, 1.82) is 0 Å². The van der Waals surface area contributed by atoms with Crippen molar-refractivity contribution in [2.75, 3.05) is 11.5 Å². The molecule has 98 valence electrons. The summed E-state index contributed by atoms with van der Waals surface area (Å²) in [6, 6.07) is 0.135. The van der Waals surface area contributed by atoms with Crippen LogP contribution in [0.5, 0.6) is 0 Å². The van der Waals surface area contributed by atoms with Crippen molar-refractivity contribution in [1.82, 2.24) is 15.2 Å². The molecule has 0 saturated heterocycles. The van der Waals surface area contributed by atoms with Gasteiger partial charge >= 0.3 is 0 Å². The molecule has 0 aliphatic heterocycles. The average Bonchev–Trinajstić information content (AvgIpc) is 2.66. The minimum absolute atomic E-state index is 0.135. The summed E-state index contributed by atoms with van der Waals surface area (Å²) >= 11 is 5.45. The highest BCUT2D eigenvalue weighted by Crippen LogP contribution is 2.26. The number of aryl methyl sites for hydroxylation is 1. The molecule has 6 heteroatoms. The highest BCUT2D eigenvalue weighted by molar-refractivity contribution is 9.10. The van der Waals surface area contributed by atoms with E-state index < -0.39 is 0 Å². The van der Waals surface area contributed by atoms with E-state index in [1.807, 2.05) is 22.6 Å². The second-order valence-electron chi connectivity index (χ2n) is 4.34. The molecule has 0 aromatic carbocycles. The van der Waals surface area contributed by atoms with Gasteiger partial charge in [0.1, 0.15) is 0 Å². The number of nitrogens with zero attached hydrogens (tertiary/aromatic N) is 2. The molecule has 0 aliphatic carbocycles. The summed E-state index contributed by atoms with van der Waals surface area (Å²) in [5.74, 6) is 8.46. The predicted molar refractivity (Wildman–Crippen MR) is 77.8 cm³/mol. The summed E-state index contributed by atoms with van der Waals surface area (Å²) in [4.78, 5) is 0. The molecule has 1 unspecified atom stereocenters. The summed E-state index contributed by atoms with van der Waals surface area (Å²) in [7, 11) is 0. The van der Waals surface area contributed by atoms with Crippen LogP contribution in [0.2, 0.25) is 0 Å². The van der Waals surface area contributed by atoms with E-state index in [1.54, 1.807) is 0 Å². The molecule has 3 N–H and O–H groups in total. The third-order valence-electron chi connectivity index (χ3n) is 2.40. The molecule has 0 bridgehead atoms. The maximum atomic E-state index is 5.65. The summed E-state index contributed by atoms with van der Waals surface area (Å²) in [6.45, 7) is 7.39. The fraction of sp³-hybridized carbons (Fsp3) is 0.727. The molecule has 1 heterocycles. The molecule has 4 nitrogen and oxygen atoms in total. The Bertz CT molecular complexity index is 340. The van der Waals surface area contributed by atoms with Gasteiger partial charge in [-0.2, -0.15) is 16.9 Å². The van der Waals surface area contributed by atoms with Crippen LogP contribution in [0.25, 0.3) is 0 Å². The molecule has 1 aromatic heterocycles. The van der Waals surface area contributed by atoms with Crippen LogP contribution in [0.4, 0.5) is 0 Å². The maximum absolute atomic E-state index is 5.65. The molecule has 0 amide bonds. The lowest BCUT2D eigenvalue weighted by Crippen LogP contribution is -2.32. The number of rotatable bonds is 7. The van der Waals surface area contributed by atoms with Crippen molar-refractivity contribution in [2.24, 2.45) is 11.8 Å². The van der Waals surface area contributed by atoms with Gasteiger partial charge in [0, 0.05) is 12.3 Å². The van der Waals surface area contributed by atoms with Crippen LogP contribution in [0.3, 0.4) is 0 Å². The Labute approximate surface area is 116 Å². The maximum Gasteiger partial charge on any atom is 0.0730 e. The minimum Gasteiger partial charge on any atom is -0.271 e. The number of nitrogens with two attached hydrogens (primary N) is 1. The Kier molecular flexibility index (Phi) is 6.54. The molecular weight excluding hydrogens is 300 g/mol. The highest BCUT2D eigenvalue weighted by Gasteiger charge is 2.18. The minimum atomic E-state index is 0.135. The molecule has 0 saturated carbocycles. The second kappa shape index (κ2) is 7.41. The van der Waals surface area contributed by atoms with Gasteiger partial charge in [-0.1, -0.05) is 13.8 Å². The van der Waals surface area contributed by atoms with Gasteiger partial charge in [-0.25, -0.2) is 0 Å². The fourth-order valence-electron chi connectivity index (χ4n) is 1.60. The molecule has 0 aliphatic rings. The van der Waals surface area contributed by atoms with E-state index in [2.05, 4.69) is 47.2 Å². The molecular formula is C11H21BrN4S. The number of nitrogens with one attached hydrogen (secondary N) is 1. The van der Waals surface area contributed by atoms with Gasteiger partial charge in [-0.3, -0.25) is 16.0 Å². The largest absolute Gasteiger partial charge is 0.271 e. The second-order valence-corrected chi connectivity index (χ2v) is 6.27. The first-order valence-electron chi connectivity index (χ1n) is 5.85. The zero-order valence-corrected chi connectivity index (χ0v) is 13.0. The van der Waals surface area contributed by atoms with Crippen LogP contribution in [-0.2, 0) is 6.54 Å². The van der Waals surface area contributed by atoms with Gasteiger partial charge in [-0.05, 0) is 34.5 Å². The molecule has 17 heavy (non-hydrogen) atoms. The number of halogens is 1. The van der Waals surface area contributed by atoms with Crippen molar-refractivity contribution >= 4 is 27.7 Å². The van der Waals surface area contributed by atoms with Crippen LogP contribution in [-0.4, -0.2) is 21.3 Å². The third kappa shape index (κ3) is 4.28. The Balaban J connectivity index is 2.68. The van der Waals surface area contributed by atoms with Crippen molar-refractivity contribution in [3.05, 3.63) is 16.4 Å². The lowest BCUT2D eigenvalue weighted by molar-refractivity contribution is 0.525. The van der Waals surface area contributed by atoms with Crippen molar-refractivity contribution in [3.63, 3.8) is 0 Å². The van der Waals surface area contributed by atoms with E-state index in [0.717, 1.165) is 28.2 Å². The lowest BCUT2D eigenvalue weighted by atomic mass is 10.2. The van der Waals surface area contributed by atoms with Gasteiger partial charge in [0.15, 0.2) is 0 Å². The molecule has 0 spiro atoms. The zero-order chi connectivity index (χ0) is 12.8. The predicted octanol–water partition coefficient (Wildman–Crippen LogP) is 2.56. The Morgan fingerprint density at radius 3 is 2.76 bits per heavy atom. The van der Waals surface area contributed by atoms with Crippen molar-refractivity contribution < 1.29 is 0 Å². The summed E-state index contributed by atoms with van der Waals surface area (Å²) in [5.41, 5.74) is 4.01. The molecule has 1 atom stereocenters. The van der Waals surface area contributed by atoms with Crippen molar-refractivity contribution in [2.45, 2.75) is 33.4 Å². The number of hydrazine groups is 1. The third-order valence-corrected chi connectivity index (χ3v) is 4.48. The lowest BCUT2D eigenvalue weighted by Gasteiger charge is -2.18. The zero-order valence-electron chi connectivity index (χ0n) is 10.6.